The minimum atomic E-state index is -0.237. The maximum atomic E-state index is 12.3. The SMILES string of the molecule is O=C(NC1CCCCCCC1)[C@H](Br)c1ccccc1. The summed E-state index contributed by atoms with van der Waals surface area (Å²) in [5.74, 6) is 0.0942. The van der Waals surface area contributed by atoms with Crippen LogP contribution in [0, 0.1) is 0 Å². The van der Waals surface area contributed by atoms with Crippen LogP contribution in [0.5, 0.6) is 0 Å². The van der Waals surface area contributed by atoms with Gasteiger partial charge in [-0.3, -0.25) is 4.79 Å². The number of carbonyl (C=O) groups is 1. The van der Waals surface area contributed by atoms with Crippen LogP contribution >= 0.6 is 15.9 Å². The van der Waals surface area contributed by atoms with Crippen LogP contribution < -0.4 is 5.32 Å². The molecule has 19 heavy (non-hydrogen) atoms. The predicted molar refractivity (Wildman–Crippen MR) is 82.4 cm³/mol. The Kier molecular flexibility index (Phi) is 5.90. The highest BCUT2D eigenvalue weighted by Crippen LogP contribution is 2.24. The highest BCUT2D eigenvalue weighted by Gasteiger charge is 2.20. The molecule has 0 aliphatic heterocycles. The molecule has 1 fully saturated rings. The van der Waals surface area contributed by atoms with Gasteiger partial charge in [-0.05, 0) is 18.4 Å². The molecule has 0 spiro atoms. The second-order valence-corrected chi connectivity index (χ2v) is 6.24. The number of hydrogen-bond donors (Lipinski definition) is 1. The number of rotatable bonds is 3. The molecule has 104 valence electrons. The van der Waals surface area contributed by atoms with E-state index >= 15 is 0 Å². The standard InChI is InChI=1S/C16H22BrNO/c17-15(13-9-5-4-6-10-13)16(19)18-14-11-7-2-1-3-8-12-14/h4-6,9-10,14-15H,1-3,7-8,11-12H2,(H,18,19)/t15-/m1/s1. The van der Waals surface area contributed by atoms with Gasteiger partial charge in [0.25, 0.3) is 0 Å². The molecule has 0 unspecified atom stereocenters. The van der Waals surface area contributed by atoms with Crippen LogP contribution in [0.15, 0.2) is 30.3 Å². The molecular weight excluding hydrogens is 302 g/mol. The van der Waals surface area contributed by atoms with E-state index in [4.69, 9.17) is 0 Å². The second-order valence-electron chi connectivity index (χ2n) is 5.32. The number of amides is 1. The zero-order valence-electron chi connectivity index (χ0n) is 11.3. The fourth-order valence-corrected chi connectivity index (χ4v) is 3.09. The second kappa shape index (κ2) is 7.68. The molecular formula is C16H22BrNO. The van der Waals surface area contributed by atoms with Crippen molar-refractivity contribution in [2.24, 2.45) is 0 Å². The van der Waals surface area contributed by atoms with Crippen LogP contribution in [-0.4, -0.2) is 11.9 Å². The van der Waals surface area contributed by atoms with Crippen molar-refractivity contribution in [3.63, 3.8) is 0 Å². The van der Waals surface area contributed by atoms with Gasteiger partial charge in [0.2, 0.25) is 5.91 Å². The van der Waals surface area contributed by atoms with Crippen molar-refractivity contribution in [1.29, 1.82) is 0 Å². The van der Waals surface area contributed by atoms with Gasteiger partial charge in [0.05, 0.1) is 0 Å². The molecule has 1 aromatic carbocycles. The molecule has 0 heterocycles. The first-order valence-corrected chi connectivity index (χ1v) is 8.18. The van der Waals surface area contributed by atoms with E-state index in [0.717, 1.165) is 18.4 Å². The lowest BCUT2D eigenvalue weighted by atomic mass is 9.96. The van der Waals surface area contributed by atoms with E-state index in [0.29, 0.717) is 6.04 Å². The third-order valence-corrected chi connectivity index (χ3v) is 4.72. The summed E-state index contributed by atoms with van der Waals surface area (Å²) >= 11 is 3.50. The number of halogens is 1. The summed E-state index contributed by atoms with van der Waals surface area (Å²) in [5.41, 5.74) is 1.02. The fourth-order valence-electron chi connectivity index (χ4n) is 2.65. The van der Waals surface area contributed by atoms with Gasteiger partial charge >= 0.3 is 0 Å². The van der Waals surface area contributed by atoms with Crippen LogP contribution in [-0.2, 0) is 4.79 Å². The molecule has 2 rings (SSSR count). The zero-order chi connectivity index (χ0) is 13.5. The van der Waals surface area contributed by atoms with Crippen molar-refractivity contribution in [2.75, 3.05) is 0 Å². The Balaban J connectivity index is 1.88. The molecule has 1 atom stereocenters. The molecule has 1 saturated carbocycles. The van der Waals surface area contributed by atoms with Gasteiger partial charge in [-0.15, -0.1) is 0 Å². The molecule has 1 aliphatic carbocycles. The van der Waals surface area contributed by atoms with Gasteiger partial charge in [0, 0.05) is 6.04 Å². The normalized spacial score (nSPS) is 19.2. The average molecular weight is 324 g/mol. The Bertz CT molecular complexity index is 385. The largest absolute Gasteiger partial charge is 0.352 e. The minimum absolute atomic E-state index is 0.0942. The molecule has 3 heteroatoms. The lowest BCUT2D eigenvalue weighted by molar-refractivity contribution is -0.121. The van der Waals surface area contributed by atoms with E-state index in [-0.39, 0.29) is 10.7 Å². The number of carbonyl (C=O) groups excluding carboxylic acids is 1. The van der Waals surface area contributed by atoms with Crippen molar-refractivity contribution >= 4 is 21.8 Å². The number of alkyl halides is 1. The van der Waals surface area contributed by atoms with Gasteiger partial charge in [-0.25, -0.2) is 0 Å². The van der Waals surface area contributed by atoms with Crippen LogP contribution in [0.3, 0.4) is 0 Å². The predicted octanol–water partition coefficient (Wildman–Crippen LogP) is 4.35. The van der Waals surface area contributed by atoms with Crippen LogP contribution in [0.4, 0.5) is 0 Å². The average Bonchev–Trinajstić information content (AvgIpc) is 2.41. The summed E-state index contributed by atoms with van der Waals surface area (Å²) in [7, 11) is 0. The van der Waals surface area contributed by atoms with Gasteiger partial charge < -0.3 is 5.32 Å². The zero-order valence-corrected chi connectivity index (χ0v) is 12.9. The Morgan fingerprint density at radius 3 is 2.26 bits per heavy atom. The lowest BCUT2D eigenvalue weighted by Gasteiger charge is -2.22. The molecule has 0 saturated heterocycles. The molecule has 1 aliphatic rings. The maximum Gasteiger partial charge on any atom is 0.238 e. The molecule has 0 aromatic heterocycles. The highest BCUT2D eigenvalue weighted by atomic mass is 79.9. The highest BCUT2D eigenvalue weighted by molar-refractivity contribution is 9.09. The van der Waals surface area contributed by atoms with Gasteiger partial charge in [-0.2, -0.15) is 0 Å². The van der Waals surface area contributed by atoms with E-state index in [9.17, 15) is 4.79 Å². The Hall–Kier alpha value is -0.830. The van der Waals surface area contributed by atoms with Crippen molar-refractivity contribution in [3.8, 4) is 0 Å². The Morgan fingerprint density at radius 1 is 1.05 bits per heavy atom. The van der Waals surface area contributed by atoms with Gasteiger partial charge in [0.15, 0.2) is 0 Å². The minimum Gasteiger partial charge on any atom is -0.352 e. The van der Waals surface area contributed by atoms with Crippen LogP contribution in [0.2, 0.25) is 0 Å². The molecule has 0 bridgehead atoms. The quantitative estimate of drug-likeness (QED) is 0.823. The van der Waals surface area contributed by atoms with Crippen LogP contribution in [0.1, 0.15) is 55.3 Å². The summed E-state index contributed by atoms with van der Waals surface area (Å²) in [6, 6.07) is 10.2. The maximum absolute atomic E-state index is 12.3. The first kappa shape index (κ1) is 14.6. The monoisotopic (exact) mass is 323 g/mol. The summed E-state index contributed by atoms with van der Waals surface area (Å²) in [4.78, 5) is 12.0. The number of nitrogens with one attached hydrogen (secondary N) is 1. The van der Waals surface area contributed by atoms with Crippen molar-refractivity contribution in [3.05, 3.63) is 35.9 Å². The molecule has 1 aromatic rings. The van der Waals surface area contributed by atoms with Crippen molar-refractivity contribution < 1.29 is 4.79 Å². The molecule has 0 radical (unpaired) electrons. The summed E-state index contributed by atoms with van der Waals surface area (Å²) in [6.07, 6.45) is 8.70. The fraction of sp³-hybridized carbons (Fsp3) is 0.562. The first-order chi connectivity index (χ1) is 9.27. The van der Waals surface area contributed by atoms with Crippen molar-refractivity contribution in [2.45, 2.75) is 55.8 Å². The third-order valence-electron chi connectivity index (χ3n) is 3.77. The number of benzene rings is 1. The van der Waals surface area contributed by atoms with E-state index in [1.807, 2.05) is 30.3 Å². The van der Waals surface area contributed by atoms with Crippen LogP contribution in [0.25, 0.3) is 0 Å². The number of hydrogen-bond acceptors (Lipinski definition) is 1. The smallest absolute Gasteiger partial charge is 0.238 e. The third kappa shape index (κ3) is 4.64. The summed E-state index contributed by atoms with van der Waals surface area (Å²) in [6.45, 7) is 0. The van der Waals surface area contributed by atoms with Gasteiger partial charge in [-0.1, -0.05) is 78.4 Å². The summed E-state index contributed by atoms with van der Waals surface area (Å²) in [5, 5.41) is 3.20. The topological polar surface area (TPSA) is 29.1 Å². The van der Waals surface area contributed by atoms with E-state index in [1.165, 1.54) is 32.1 Å². The molecule has 1 N–H and O–H groups in total. The molecule has 1 amide bonds. The van der Waals surface area contributed by atoms with E-state index < -0.39 is 0 Å². The van der Waals surface area contributed by atoms with Gasteiger partial charge in [0.1, 0.15) is 4.83 Å². The Labute approximate surface area is 124 Å². The first-order valence-electron chi connectivity index (χ1n) is 7.27. The lowest BCUT2D eigenvalue weighted by Crippen LogP contribution is -2.37. The Morgan fingerprint density at radius 2 is 1.63 bits per heavy atom. The van der Waals surface area contributed by atoms with E-state index in [1.54, 1.807) is 0 Å². The van der Waals surface area contributed by atoms with Crippen molar-refractivity contribution in [1.82, 2.24) is 5.32 Å². The van der Waals surface area contributed by atoms with E-state index in [2.05, 4.69) is 21.2 Å². The summed E-state index contributed by atoms with van der Waals surface area (Å²) < 4.78 is 0. The molecule has 2 nitrogen and oxygen atoms in total.